The fourth-order valence-electron chi connectivity index (χ4n) is 1.49. The molecule has 0 aromatic carbocycles. The fourth-order valence-corrected chi connectivity index (χ4v) is 1.49. The first-order valence-corrected chi connectivity index (χ1v) is 5.91. The summed E-state index contributed by atoms with van der Waals surface area (Å²) in [4.78, 5) is 23.2. The predicted octanol–water partition coefficient (Wildman–Crippen LogP) is 1.12. The number of carbonyl (C=O) groups is 2. The summed E-state index contributed by atoms with van der Waals surface area (Å²) in [7, 11) is 0. The van der Waals surface area contributed by atoms with Crippen LogP contribution in [0.3, 0.4) is 0 Å². The quantitative estimate of drug-likeness (QED) is 0.675. The first kappa shape index (κ1) is 15.9. The van der Waals surface area contributed by atoms with Crippen LogP contribution in [0.25, 0.3) is 0 Å². The summed E-state index contributed by atoms with van der Waals surface area (Å²) in [6.45, 7) is 9.01. The number of nitrogens with two attached hydrogens (primary N) is 1. The zero-order valence-corrected chi connectivity index (χ0v) is 11.3. The molecule has 100 valence electrons. The van der Waals surface area contributed by atoms with Crippen molar-refractivity contribution in [2.45, 2.75) is 59.0 Å². The largest absolute Gasteiger partial charge is 0.480 e. The van der Waals surface area contributed by atoms with Gasteiger partial charge in [0.15, 0.2) is 0 Å². The monoisotopic (exact) mass is 244 g/mol. The van der Waals surface area contributed by atoms with Gasteiger partial charge < -0.3 is 16.2 Å². The van der Waals surface area contributed by atoms with Crippen LogP contribution in [0.4, 0.5) is 0 Å². The summed E-state index contributed by atoms with van der Waals surface area (Å²) in [6, 6.07) is -0.723. The Morgan fingerprint density at radius 2 is 1.65 bits per heavy atom. The molecule has 0 fully saturated rings. The van der Waals surface area contributed by atoms with Crippen LogP contribution in [0.1, 0.15) is 47.5 Å². The molecule has 0 bridgehead atoms. The second kappa shape index (κ2) is 5.49. The molecule has 0 aliphatic carbocycles. The van der Waals surface area contributed by atoms with Crippen molar-refractivity contribution in [2.75, 3.05) is 0 Å². The third-order valence-electron chi connectivity index (χ3n) is 3.19. The van der Waals surface area contributed by atoms with E-state index in [9.17, 15) is 14.7 Å². The molecule has 0 aromatic rings. The van der Waals surface area contributed by atoms with Crippen molar-refractivity contribution in [3.05, 3.63) is 0 Å². The second-order valence-corrected chi connectivity index (χ2v) is 5.43. The van der Waals surface area contributed by atoms with Gasteiger partial charge in [0, 0.05) is 0 Å². The molecule has 0 spiro atoms. The number of carboxylic acids is 1. The highest BCUT2D eigenvalue weighted by Crippen LogP contribution is 2.20. The van der Waals surface area contributed by atoms with Gasteiger partial charge >= 0.3 is 5.97 Å². The molecule has 1 atom stereocenters. The molecule has 0 unspecified atom stereocenters. The lowest BCUT2D eigenvalue weighted by Gasteiger charge is -2.33. The van der Waals surface area contributed by atoms with Gasteiger partial charge in [-0.05, 0) is 18.3 Å². The van der Waals surface area contributed by atoms with E-state index in [0.29, 0.717) is 12.8 Å². The summed E-state index contributed by atoms with van der Waals surface area (Å²) >= 11 is 0. The molecule has 0 rings (SSSR count). The van der Waals surface area contributed by atoms with Crippen LogP contribution in [0.2, 0.25) is 0 Å². The van der Waals surface area contributed by atoms with E-state index in [2.05, 4.69) is 5.32 Å². The van der Waals surface area contributed by atoms with E-state index in [1.165, 1.54) is 0 Å². The predicted molar refractivity (Wildman–Crippen MR) is 66.5 cm³/mol. The zero-order valence-electron chi connectivity index (χ0n) is 11.3. The van der Waals surface area contributed by atoms with Gasteiger partial charge in [-0.15, -0.1) is 0 Å². The van der Waals surface area contributed by atoms with E-state index in [1.54, 1.807) is 13.8 Å². The van der Waals surface area contributed by atoms with Gasteiger partial charge in [0.05, 0.1) is 6.04 Å². The SMILES string of the molecule is CCC(CC)(NC(=O)[C@H](N)C(C)(C)C)C(=O)O. The minimum absolute atomic E-state index is 0.335. The van der Waals surface area contributed by atoms with Crippen LogP contribution in [0, 0.1) is 5.41 Å². The molecule has 0 aliphatic rings. The van der Waals surface area contributed by atoms with Crippen molar-refractivity contribution < 1.29 is 14.7 Å². The number of carboxylic acid groups (broad SMARTS) is 1. The lowest BCUT2D eigenvalue weighted by atomic mass is 9.85. The van der Waals surface area contributed by atoms with Crippen molar-refractivity contribution >= 4 is 11.9 Å². The lowest BCUT2D eigenvalue weighted by molar-refractivity contribution is -0.148. The maximum absolute atomic E-state index is 11.9. The molecule has 0 aromatic heterocycles. The minimum Gasteiger partial charge on any atom is -0.480 e. The average Bonchev–Trinajstić information content (AvgIpc) is 2.22. The Morgan fingerprint density at radius 1 is 1.24 bits per heavy atom. The third-order valence-corrected chi connectivity index (χ3v) is 3.19. The van der Waals surface area contributed by atoms with Crippen molar-refractivity contribution in [2.24, 2.45) is 11.1 Å². The van der Waals surface area contributed by atoms with Gasteiger partial charge in [0.25, 0.3) is 0 Å². The van der Waals surface area contributed by atoms with Crippen LogP contribution in [0.5, 0.6) is 0 Å². The molecular formula is C12H24N2O3. The van der Waals surface area contributed by atoms with Gasteiger partial charge in [-0.1, -0.05) is 34.6 Å². The Bertz CT molecular complexity index is 291. The van der Waals surface area contributed by atoms with Crippen molar-refractivity contribution in [1.29, 1.82) is 0 Å². The maximum Gasteiger partial charge on any atom is 0.329 e. The minimum atomic E-state index is -1.21. The molecule has 5 heteroatoms. The van der Waals surface area contributed by atoms with Crippen molar-refractivity contribution in [3.63, 3.8) is 0 Å². The first-order chi connectivity index (χ1) is 7.60. The highest BCUT2D eigenvalue weighted by Gasteiger charge is 2.39. The number of hydrogen-bond acceptors (Lipinski definition) is 3. The number of hydrogen-bond donors (Lipinski definition) is 3. The highest BCUT2D eigenvalue weighted by molar-refractivity contribution is 5.89. The standard InChI is InChI=1S/C12H24N2O3/c1-6-12(7-2,10(16)17)14-9(15)8(13)11(3,4)5/h8H,6-7,13H2,1-5H3,(H,14,15)(H,16,17)/t8-/m0/s1. The third kappa shape index (κ3) is 3.70. The first-order valence-electron chi connectivity index (χ1n) is 5.91. The van der Waals surface area contributed by atoms with Crippen LogP contribution in [-0.2, 0) is 9.59 Å². The highest BCUT2D eigenvalue weighted by atomic mass is 16.4. The Morgan fingerprint density at radius 3 is 1.88 bits per heavy atom. The summed E-state index contributed by atoms with van der Waals surface area (Å²) < 4.78 is 0. The van der Waals surface area contributed by atoms with E-state index >= 15 is 0 Å². The topological polar surface area (TPSA) is 92.4 Å². The van der Waals surface area contributed by atoms with Gasteiger partial charge in [-0.3, -0.25) is 4.79 Å². The molecule has 17 heavy (non-hydrogen) atoms. The van der Waals surface area contributed by atoms with Crippen LogP contribution < -0.4 is 11.1 Å². The molecular weight excluding hydrogens is 220 g/mol. The number of aliphatic carboxylic acids is 1. The van der Waals surface area contributed by atoms with Crippen LogP contribution in [0.15, 0.2) is 0 Å². The molecule has 1 amide bonds. The van der Waals surface area contributed by atoms with Crippen molar-refractivity contribution in [3.8, 4) is 0 Å². The zero-order chi connectivity index (χ0) is 13.9. The number of carbonyl (C=O) groups excluding carboxylic acids is 1. The second-order valence-electron chi connectivity index (χ2n) is 5.43. The molecule has 4 N–H and O–H groups in total. The summed E-state index contributed by atoms with van der Waals surface area (Å²) in [5.41, 5.74) is 4.20. The number of rotatable bonds is 5. The van der Waals surface area contributed by atoms with Gasteiger partial charge in [0.2, 0.25) is 5.91 Å². The van der Waals surface area contributed by atoms with E-state index in [0.717, 1.165) is 0 Å². The number of amides is 1. The summed E-state index contributed by atoms with van der Waals surface area (Å²) in [5, 5.41) is 11.8. The average molecular weight is 244 g/mol. The van der Waals surface area contributed by atoms with Crippen LogP contribution >= 0.6 is 0 Å². The molecule has 0 radical (unpaired) electrons. The fraction of sp³-hybridized carbons (Fsp3) is 0.833. The summed E-state index contributed by atoms with van der Waals surface area (Å²) in [5.74, 6) is -1.43. The molecule has 0 aliphatic heterocycles. The molecule has 0 saturated heterocycles. The smallest absolute Gasteiger partial charge is 0.329 e. The van der Waals surface area contributed by atoms with Crippen LogP contribution in [-0.4, -0.2) is 28.6 Å². The van der Waals surface area contributed by atoms with Gasteiger partial charge in [0.1, 0.15) is 5.54 Å². The maximum atomic E-state index is 11.9. The van der Waals surface area contributed by atoms with Gasteiger partial charge in [-0.25, -0.2) is 4.79 Å². The van der Waals surface area contributed by atoms with E-state index in [-0.39, 0.29) is 0 Å². The van der Waals surface area contributed by atoms with Gasteiger partial charge in [-0.2, -0.15) is 0 Å². The lowest BCUT2D eigenvalue weighted by Crippen LogP contribution is -2.59. The Kier molecular flexibility index (Phi) is 5.13. The van der Waals surface area contributed by atoms with E-state index in [4.69, 9.17) is 5.73 Å². The molecule has 5 nitrogen and oxygen atoms in total. The summed E-state index contributed by atoms with van der Waals surface area (Å²) in [6.07, 6.45) is 0.670. The Labute approximate surface area is 103 Å². The van der Waals surface area contributed by atoms with E-state index < -0.39 is 28.9 Å². The Hall–Kier alpha value is -1.10. The Balaban J connectivity index is 4.92. The van der Waals surface area contributed by atoms with E-state index in [1.807, 2.05) is 20.8 Å². The molecule has 0 heterocycles. The van der Waals surface area contributed by atoms with Crippen molar-refractivity contribution in [1.82, 2.24) is 5.32 Å². The normalized spacial score (nSPS) is 14.2. The number of nitrogens with one attached hydrogen (secondary N) is 1. The molecule has 0 saturated carbocycles.